The number of anilines is 1. The predicted octanol–water partition coefficient (Wildman–Crippen LogP) is -1.03. The van der Waals surface area contributed by atoms with E-state index in [4.69, 9.17) is 17.3 Å². The molecule has 0 unspecified atom stereocenters. The molecule has 0 aromatic carbocycles. The normalized spacial score (nSPS) is 9.44. The molecule has 5 heteroatoms. The summed E-state index contributed by atoms with van der Waals surface area (Å²) in [6.45, 7) is 0. The summed E-state index contributed by atoms with van der Waals surface area (Å²) in [5.74, 6) is 0.430. The van der Waals surface area contributed by atoms with E-state index in [1.807, 2.05) is 7.85 Å². The molecule has 2 N–H and O–H groups in total. The van der Waals surface area contributed by atoms with Crippen LogP contribution in [0.4, 0.5) is 5.82 Å². The summed E-state index contributed by atoms with van der Waals surface area (Å²) >= 11 is 5.49. The number of nitrogen functional groups attached to an aromatic ring is 1. The van der Waals surface area contributed by atoms with E-state index in [2.05, 4.69) is 10.2 Å². The van der Waals surface area contributed by atoms with Gasteiger partial charge in [0.2, 0.25) is 0 Å². The lowest BCUT2D eigenvalue weighted by molar-refractivity contribution is 1.05. The van der Waals surface area contributed by atoms with Crippen molar-refractivity contribution in [1.82, 2.24) is 10.2 Å². The molecule has 9 heavy (non-hydrogen) atoms. The Balaban J connectivity index is 3.17. The average molecular weight is 141 g/mol. The monoisotopic (exact) mass is 141 g/mol. The maximum absolute atomic E-state index is 5.49. The van der Waals surface area contributed by atoms with Crippen molar-refractivity contribution in [1.29, 1.82) is 0 Å². The van der Waals surface area contributed by atoms with Gasteiger partial charge in [0.25, 0.3) is 0 Å². The predicted molar refractivity (Wildman–Crippen MR) is 39.6 cm³/mol. The van der Waals surface area contributed by atoms with E-state index < -0.39 is 0 Å². The van der Waals surface area contributed by atoms with Crippen LogP contribution in [0.25, 0.3) is 0 Å². The van der Waals surface area contributed by atoms with Crippen LogP contribution in [0.3, 0.4) is 0 Å². The highest BCUT2D eigenvalue weighted by atomic mass is 35.5. The standard InChI is InChI=1S/C4H5BClN3/c5-2-1-3(6)8-9-4(2)7/h1H,5H2,(H2,7,9). The first-order valence-electron chi connectivity index (χ1n) is 2.45. The van der Waals surface area contributed by atoms with Gasteiger partial charge in [0, 0.05) is 0 Å². The van der Waals surface area contributed by atoms with Crippen molar-refractivity contribution in [3.8, 4) is 0 Å². The highest BCUT2D eigenvalue weighted by Gasteiger charge is 1.94. The molecule has 0 saturated heterocycles. The minimum atomic E-state index is 0.377. The first-order chi connectivity index (χ1) is 4.20. The summed E-state index contributed by atoms with van der Waals surface area (Å²) in [5, 5.41) is 7.48. The van der Waals surface area contributed by atoms with Crippen molar-refractivity contribution >= 4 is 30.7 Å². The second kappa shape index (κ2) is 2.23. The summed E-state index contributed by atoms with van der Waals surface area (Å²) < 4.78 is 0. The number of hydrogen-bond donors (Lipinski definition) is 1. The van der Waals surface area contributed by atoms with Gasteiger partial charge in [-0.25, -0.2) is 0 Å². The van der Waals surface area contributed by atoms with E-state index in [1.165, 1.54) is 0 Å². The molecule has 1 aromatic heterocycles. The summed E-state index contributed by atoms with van der Waals surface area (Å²) in [4.78, 5) is 0. The molecular formula is C4H5BClN3. The summed E-state index contributed by atoms with van der Waals surface area (Å²) in [7, 11) is 1.83. The number of nitrogens with zero attached hydrogens (tertiary/aromatic N) is 2. The van der Waals surface area contributed by atoms with Gasteiger partial charge in [0.1, 0.15) is 13.7 Å². The molecule has 1 rings (SSSR count). The zero-order valence-electron chi connectivity index (χ0n) is 4.93. The Morgan fingerprint density at radius 2 is 2.22 bits per heavy atom. The third-order valence-electron chi connectivity index (χ3n) is 0.993. The van der Waals surface area contributed by atoms with Gasteiger partial charge in [-0.1, -0.05) is 11.6 Å². The number of hydrogen-bond acceptors (Lipinski definition) is 3. The summed E-state index contributed by atoms with van der Waals surface area (Å²) in [6, 6.07) is 1.67. The Labute approximate surface area is 58.6 Å². The van der Waals surface area contributed by atoms with Gasteiger partial charge in [0.05, 0.1) is 0 Å². The molecule has 0 aliphatic carbocycles. The van der Waals surface area contributed by atoms with Crippen LogP contribution < -0.4 is 11.2 Å². The topological polar surface area (TPSA) is 51.8 Å². The quantitative estimate of drug-likeness (QED) is 0.470. The minimum Gasteiger partial charge on any atom is -0.383 e. The molecule has 0 atom stereocenters. The zero-order valence-corrected chi connectivity index (χ0v) is 5.68. The van der Waals surface area contributed by atoms with E-state index in [9.17, 15) is 0 Å². The molecule has 0 fully saturated rings. The first-order valence-corrected chi connectivity index (χ1v) is 2.83. The molecule has 0 bridgehead atoms. The Bertz CT molecular complexity index is 227. The SMILES string of the molecule is Bc1cc(Cl)nnc1N. The molecule has 0 aliphatic heterocycles. The molecule has 1 heterocycles. The maximum atomic E-state index is 5.49. The summed E-state index contributed by atoms with van der Waals surface area (Å²) in [5.41, 5.74) is 6.21. The highest BCUT2D eigenvalue weighted by molar-refractivity contribution is 6.37. The molecule has 46 valence electrons. The van der Waals surface area contributed by atoms with Crippen LogP contribution in [0.1, 0.15) is 0 Å². The van der Waals surface area contributed by atoms with E-state index in [-0.39, 0.29) is 0 Å². The smallest absolute Gasteiger partial charge is 0.151 e. The lowest BCUT2D eigenvalue weighted by atomic mass is 9.98. The van der Waals surface area contributed by atoms with Crippen molar-refractivity contribution in [3.05, 3.63) is 11.2 Å². The fraction of sp³-hybridized carbons (Fsp3) is 0. The average Bonchev–Trinajstić information content (AvgIpc) is 1.80. The van der Waals surface area contributed by atoms with Crippen molar-refractivity contribution in [2.24, 2.45) is 0 Å². The van der Waals surface area contributed by atoms with E-state index in [0.717, 1.165) is 5.46 Å². The Morgan fingerprint density at radius 1 is 1.56 bits per heavy atom. The van der Waals surface area contributed by atoms with Crippen LogP contribution in [0.15, 0.2) is 6.07 Å². The van der Waals surface area contributed by atoms with Crippen LogP contribution in [-0.2, 0) is 0 Å². The molecule has 1 aromatic rings. The van der Waals surface area contributed by atoms with Crippen LogP contribution in [-0.4, -0.2) is 18.0 Å². The highest BCUT2D eigenvalue weighted by Crippen LogP contribution is 1.98. The van der Waals surface area contributed by atoms with E-state index in [1.54, 1.807) is 6.07 Å². The molecule has 0 amide bonds. The van der Waals surface area contributed by atoms with Gasteiger partial charge in [-0.2, -0.15) is 0 Å². The Hall–Kier alpha value is -0.765. The fourth-order valence-electron chi connectivity index (χ4n) is 0.462. The van der Waals surface area contributed by atoms with Crippen LogP contribution in [0.5, 0.6) is 0 Å². The Morgan fingerprint density at radius 3 is 2.67 bits per heavy atom. The van der Waals surface area contributed by atoms with Crippen LogP contribution in [0.2, 0.25) is 5.15 Å². The second-order valence-corrected chi connectivity index (χ2v) is 2.12. The van der Waals surface area contributed by atoms with E-state index >= 15 is 0 Å². The molecule has 0 saturated carbocycles. The van der Waals surface area contributed by atoms with Gasteiger partial charge >= 0.3 is 0 Å². The van der Waals surface area contributed by atoms with Crippen LogP contribution in [0, 0.1) is 0 Å². The van der Waals surface area contributed by atoms with Gasteiger partial charge in [-0.15, -0.1) is 10.2 Å². The molecule has 0 spiro atoms. The summed E-state index contributed by atoms with van der Waals surface area (Å²) in [6.07, 6.45) is 0. The van der Waals surface area contributed by atoms with Gasteiger partial charge in [-0.3, -0.25) is 0 Å². The third-order valence-corrected chi connectivity index (χ3v) is 1.18. The lowest BCUT2D eigenvalue weighted by Crippen LogP contribution is -2.12. The first kappa shape index (κ1) is 6.36. The number of nitrogens with two attached hydrogens (primary N) is 1. The fourth-order valence-corrected chi connectivity index (χ4v) is 0.663. The Kier molecular flexibility index (Phi) is 1.57. The van der Waals surface area contributed by atoms with Gasteiger partial charge in [0.15, 0.2) is 5.15 Å². The van der Waals surface area contributed by atoms with Gasteiger partial charge < -0.3 is 5.73 Å². The zero-order chi connectivity index (χ0) is 6.85. The minimum absolute atomic E-state index is 0.377. The lowest BCUT2D eigenvalue weighted by Gasteiger charge is -1.94. The third kappa shape index (κ3) is 1.32. The second-order valence-electron chi connectivity index (χ2n) is 1.74. The van der Waals surface area contributed by atoms with Crippen molar-refractivity contribution < 1.29 is 0 Å². The molecular weight excluding hydrogens is 136 g/mol. The van der Waals surface area contributed by atoms with Crippen LogP contribution >= 0.6 is 11.6 Å². The maximum Gasteiger partial charge on any atom is 0.151 e. The van der Waals surface area contributed by atoms with Crippen molar-refractivity contribution in [2.45, 2.75) is 0 Å². The molecule has 3 nitrogen and oxygen atoms in total. The number of halogens is 1. The van der Waals surface area contributed by atoms with E-state index in [0.29, 0.717) is 11.0 Å². The van der Waals surface area contributed by atoms with Crippen molar-refractivity contribution in [3.63, 3.8) is 0 Å². The van der Waals surface area contributed by atoms with Gasteiger partial charge in [-0.05, 0) is 11.5 Å². The number of aromatic nitrogens is 2. The largest absolute Gasteiger partial charge is 0.383 e. The van der Waals surface area contributed by atoms with Crippen molar-refractivity contribution in [2.75, 3.05) is 5.73 Å². The molecule has 0 radical (unpaired) electrons. The number of rotatable bonds is 0. The molecule has 0 aliphatic rings.